The molecule has 0 aromatic carbocycles. The number of ketones is 1. The Kier molecular flexibility index (Phi) is 4.94. The zero-order valence-corrected chi connectivity index (χ0v) is 10.4. The molecule has 0 fully saturated rings. The van der Waals surface area contributed by atoms with E-state index in [1.165, 1.54) is 11.3 Å². The number of rotatable bonds is 5. The summed E-state index contributed by atoms with van der Waals surface area (Å²) in [5.74, 6) is -0.308. The van der Waals surface area contributed by atoms with Crippen molar-refractivity contribution in [2.45, 2.75) is 12.6 Å². The smallest absolute Gasteiger partial charge is 0.373 e. The number of ether oxygens (including phenoxy) is 1. The lowest BCUT2D eigenvalue weighted by Crippen LogP contribution is -2.14. The third-order valence-electron chi connectivity index (χ3n) is 1.61. The van der Waals surface area contributed by atoms with Gasteiger partial charge >= 0.3 is 6.18 Å². The largest absolute Gasteiger partial charge is 0.391 e. The minimum absolute atomic E-state index is 0.308. The summed E-state index contributed by atoms with van der Waals surface area (Å²) in [7, 11) is 0. The van der Waals surface area contributed by atoms with Gasteiger partial charge in [-0.1, -0.05) is 0 Å². The molecule has 0 spiro atoms. The van der Waals surface area contributed by atoms with Crippen molar-refractivity contribution in [3.05, 3.63) is 20.8 Å². The number of carbonyl (C=O) groups excluding carboxylic acids is 1. The molecular formula is C9H8BrF3O2S. The second-order valence-electron chi connectivity index (χ2n) is 2.94. The van der Waals surface area contributed by atoms with Gasteiger partial charge in [0.2, 0.25) is 0 Å². The van der Waals surface area contributed by atoms with Crippen LogP contribution in [0.25, 0.3) is 0 Å². The van der Waals surface area contributed by atoms with E-state index in [9.17, 15) is 18.0 Å². The quantitative estimate of drug-likeness (QED) is 0.612. The van der Waals surface area contributed by atoms with E-state index >= 15 is 0 Å². The lowest BCUT2D eigenvalue weighted by molar-refractivity contribution is -0.144. The van der Waals surface area contributed by atoms with Crippen LogP contribution in [0.1, 0.15) is 16.1 Å². The maximum absolute atomic E-state index is 11.7. The van der Waals surface area contributed by atoms with Crippen molar-refractivity contribution in [1.82, 2.24) is 0 Å². The SMILES string of the molecule is O=C(COCCC(F)(F)F)c1ccc(Br)s1. The minimum atomic E-state index is -4.24. The van der Waals surface area contributed by atoms with E-state index in [2.05, 4.69) is 20.7 Å². The Morgan fingerprint density at radius 3 is 2.62 bits per heavy atom. The third-order valence-corrected chi connectivity index (χ3v) is 3.28. The van der Waals surface area contributed by atoms with Gasteiger partial charge in [-0.3, -0.25) is 4.79 Å². The van der Waals surface area contributed by atoms with Crippen molar-refractivity contribution < 1.29 is 22.7 Å². The predicted octanol–water partition coefficient (Wildman–Crippen LogP) is 3.66. The van der Waals surface area contributed by atoms with Crippen LogP contribution < -0.4 is 0 Å². The second-order valence-corrected chi connectivity index (χ2v) is 5.41. The Morgan fingerprint density at radius 2 is 2.12 bits per heavy atom. The standard InChI is InChI=1S/C9H8BrF3O2S/c10-8-2-1-7(16-8)6(14)5-15-4-3-9(11,12)13/h1-2H,3-5H2. The van der Waals surface area contributed by atoms with E-state index in [-0.39, 0.29) is 12.4 Å². The average molecular weight is 317 g/mol. The molecule has 0 saturated carbocycles. The Balaban J connectivity index is 2.26. The fourth-order valence-electron chi connectivity index (χ4n) is 0.888. The molecule has 0 bridgehead atoms. The lowest BCUT2D eigenvalue weighted by Gasteiger charge is -2.05. The number of thiophene rings is 1. The van der Waals surface area contributed by atoms with Gasteiger partial charge in [0.15, 0.2) is 5.78 Å². The van der Waals surface area contributed by atoms with Crippen LogP contribution in [0, 0.1) is 0 Å². The van der Waals surface area contributed by atoms with Crippen LogP contribution in [-0.2, 0) is 4.74 Å². The molecule has 2 nitrogen and oxygen atoms in total. The normalized spacial score (nSPS) is 11.8. The summed E-state index contributed by atoms with van der Waals surface area (Å²) in [6.07, 6.45) is -5.27. The van der Waals surface area contributed by atoms with Crippen molar-refractivity contribution in [2.24, 2.45) is 0 Å². The summed E-state index contributed by atoms with van der Waals surface area (Å²) in [6, 6.07) is 3.30. The van der Waals surface area contributed by atoms with Crippen molar-refractivity contribution in [3.8, 4) is 0 Å². The minimum Gasteiger partial charge on any atom is -0.373 e. The molecule has 0 aliphatic heterocycles. The zero-order chi connectivity index (χ0) is 12.2. The molecule has 0 N–H and O–H groups in total. The monoisotopic (exact) mass is 316 g/mol. The molecule has 7 heteroatoms. The van der Waals surface area contributed by atoms with Crippen LogP contribution in [0.4, 0.5) is 13.2 Å². The molecule has 90 valence electrons. The number of halogens is 4. The topological polar surface area (TPSA) is 26.3 Å². The Labute approximate surface area is 103 Å². The van der Waals surface area contributed by atoms with Gasteiger partial charge in [0.05, 0.1) is 21.7 Å². The van der Waals surface area contributed by atoms with E-state index in [1.54, 1.807) is 12.1 Å². The van der Waals surface area contributed by atoms with Gasteiger partial charge in [-0.05, 0) is 28.1 Å². The van der Waals surface area contributed by atoms with Crippen LogP contribution in [-0.4, -0.2) is 25.2 Å². The molecule has 16 heavy (non-hydrogen) atoms. The summed E-state index contributed by atoms with van der Waals surface area (Å²) < 4.78 is 40.7. The average Bonchev–Trinajstić information content (AvgIpc) is 2.57. The summed E-state index contributed by atoms with van der Waals surface area (Å²) in [4.78, 5) is 11.8. The number of hydrogen-bond donors (Lipinski definition) is 0. The Bertz CT molecular complexity index is 362. The molecule has 1 heterocycles. The molecule has 0 saturated heterocycles. The van der Waals surface area contributed by atoms with Crippen LogP contribution in [0.3, 0.4) is 0 Å². The van der Waals surface area contributed by atoms with Crippen molar-refractivity contribution in [2.75, 3.05) is 13.2 Å². The molecule has 0 atom stereocenters. The van der Waals surface area contributed by atoms with Gasteiger partial charge in [0.1, 0.15) is 6.61 Å². The van der Waals surface area contributed by atoms with Gasteiger partial charge < -0.3 is 4.74 Å². The maximum atomic E-state index is 11.7. The van der Waals surface area contributed by atoms with E-state index in [4.69, 9.17) is 0 Å². The van der Waals surface area contributed by atoms with Gasteiger partial charge in [-0.2, -0.15) is 13.2 Å². The predicted molar refractivity (Wildman–Crippen MR) is 57.8 cm³/mol. The number of Topliss-reactive ketones (excluding diaryl/α,β-unsaturated/α-hetero) is 1. The van der Waals surface area contributed by atoms with E-state index in [0.29, 0.717) is 4.88 Å². The highest BCUT2D eigenvalue weighted by molar-refractivity contribution is 9.11. The summed E-state index contributed by atoms with van der Waals surface area (Å²) in [6.45, 7) is -0.801. The number of hydrogen-bond acceptors (Lipinski definition) is 3. The highest BCUT2D eigenvalue weighted by atomic mass is 79.9. The first-order chi connectivity index (χ1) is 7.38. The van der Waals surface area contributed by atoms with Crippen LogP contribution >= 0.6 is 27.3 Å². The molecule has 0 radical (unpaired) electrons. The molecule has 0 aliphatic carbocycles. The highest BCUT2D eigenvalue weighted by Crippen LogP contribution is 2.22. The van der Waals surface area contributed by atoms with Crippen LogP contribution in [0.5, 0.6) is 0 Å². The number of carbonyl (C=O) groups is 1. The number of alkyl halides is 3. The zero-order valence-electron chi connectivity index (χ0n) is 8.01. The first-order valence-electron chi connectivity index (χ1n) is 4.31. The van der Waals surface area contributed by atoms with Crippen molar-refractivity contribution in [3.63, 3.8) is 0 Å². The summed E-state index contributed by atoms with van der Waals surface area (Å²) in [5.41, 5.74) is 0. The van der Waals surface area contributed by atoms with E-state index < -0.39 is 19.2 Å². The second kappa shape index (κ2) is 5.79. The van der Waals surface area contributed by atoms with Crippen LogP contribution in [0.15, 0.2) is 15.9 Å². The third kappa shape index (κ3) is 5.09. The van der Waals surface area contributed by atoms with Gasteiger partial charge in [-0.25, -0.2) is 0 Å². The fraction of sp³-hybridized carbons (Fsp3) is 0.444. The van der Waals surface area contributed by atoms with E-state index in [0.717, 1.165) is 3.79 Å². The summed E-state index contributed by atoms with van der Waals surface area (Å²) in [5, 5.41) is 0. The van der Waals surface area contributed by atoms with Gasteiger partial charge in [0, 0.05) is 0 Å². The Morgan fingerprint density at radius 1 is 1.44 bits per heavy atom. The molecular weight excluding hydrogens is 309 g/mol. The first-order valence-corrected chi connectivity index (χ1v) is 5.92. The van der Waals surface area contributed by atoms with Gasteiger partial charge in [0.25, 0.3) is 0 Å². The van der Waals surface area contributed by atoms with Gasteiger partial charge in [-0.15, -0.1) is 11.3 Å². The van der Waals surface area contributed by atoms with Crippen LogP contribution in [0.2, 0.25) is 0 Å². The molecule has 0 amide bonds. The fourth-order valence-corrected chi connectivity index (χ4v) is 2.20. The molecule has 0 aliphatic rings. The first kappa shape index (κ1) is 13.7. The van der Waals surface area contributed by atoms with E-state index in [1.807, 2.05) is 0 Å². The molecule has 1 aromatic heterocycles. The molecule has 0 unspecified atom stereocenters. The molecule has 1 aromatic rings. The summed E-state index contributed by atoms with van der Waals surface area (Å²) >= 11 is 4.41. The Hall–Kier alpha value is -0.400. The van der Waals surface area contributed by atoms with Crippen molar-refractivity contribution in [1.29, 1.82) is 0 Å². The van der Waals surface area contributed by atoms with Crippen molar-refractivity contribution >= 4 is 33.0 Å². The highest BCUT2D eigenvalue weighted by Gasteiger charge is 2.26. The molecule has 1 rings (SSSR count). The lowest BCUT2D eigenvalue weighted by atomic mass is 10.3. The maximum Gasteiger partial charge on any atom is 0.391 e.